The van der Waals surface area contributed by atoms with Crippen LogP contribution >= 0.6 is 28.9 Å². The summed E-state index contributed by atoms with van der Waals surface area (Å²) in [6.07, 6.45) is 12.8. The second kappa shape index (κ2) is 13.3. The zero-order chi connectivity index (χ0) is 13.7. The van der Waals surface area contributed by atoms with Gasteiger partial charge in [0.1, 0.15) is 0 Å². The lowest BCUT2D eigenvalue weighted by molar-refractivity contribution is 0.473. The maximum Gasteiger partial charge on any atom is 0.183 e. The van der Waals surface area contributed by atoms with Crippen molar-refractivity contribution in [1.29, 1.82) is 0 Å². The van der Waals surface area contributed by atoms with Crippen LogP contribution in [0.2, 0.25) is 0 Å². The van der Waals surface area contributed by atoms with Crippen LogP contribution in [0.25, 0.3) is 0 Å². The first-order valence-corrected chi connectivity index (χ1v) is 11.8. The van der Waals surface area contributed by atoms with Gasteiger partial charge in [-0.3, -0.25) is 0 Å². The highest BCUT2D eigenvalue weighted by atomic mass is 33.1. The molecular weight excluding hydrogens is 303 g/mol. The van der Waals surface area contributed by atoms with Crippen molar-refractivity contribution in [2.45, 2.75) is 64.2 Å². The number of hydrogen-bond acceptors (Lipinski definition) is 3. The zero-order valence-corrected chi connectivity index (χ0v) is 14.5. The molecule has 18 heavy (non-hydrogen) atoms. The van der Waals surface area contributed by atoms with Gasteiger partial charge < -0.3 is 9.79 Å². The van der Waals surface area contributed by atoms with Crippen molar-refractivity contribution in [3.05, 3.63) is 0 Å². The summed E-state index contributed by atoms with van der Waals surface area (Å²) in [5, 5.41) is 0. The molecule has 0 bridgehead atoms. The summed E-state index contributed by atoms with van der Waals surface area (Å²) in [7, 11) is 1.64. The first kappa shape index (κ1) is 19.3. The predicted octanol–water partition coefficient (Wildman–Crippen LogP) is 4.76. The summed E-state index contributed by atoms with van der Waals surface area (Å²) < 4.78 is 0. The standard InChI is InChI=1S/C12H27O2PS3/c13-15(14,16)11-9-7-5-3-1-2-4-6-8-10-12-18-17/h17H,1-12H2,(H2,13,14,16). The van der Waals surface area contributed by atoms with Gasteiger partial charge >= 0.3 is 0 Å². The minimum Gasteiger partial charge on any atom is -0.345 e. The molecule has 0 aliphatic carbocycles. The van der Waals surface area contributed by atoms with Crippen LogP contribution in [0.1, 0.15) is 64.2 Å². The average molecular weight is 331 g/mol. The molecule has 0 spiro atoms. The number of hydrogen-bond donors (Lipinski definition) is 3. The molecular formula is C12H27O2PS3. The van der Waals surface area contributed by atoms with E-state index >= 15 is 0 Å². The van der Waals surface area contributed by atoms with E-state index in [-0.39, 0.29) is 0 Å². The summed E-state index contributed by atoms with van der Waals surface area (Å²) in [6, 6.07) is 0. The summed E-state index contributed by atoms with van der Waals surface area (Å²) in [5.74, 6) is 1.17. The molecule has 0 amide bonds. The van der Waals surface area contributed by atoms with E-state index < -0.39 is 6.49 Å². The Hall–Kier alpha value is 1.27. The van der Waals surface area contributed by atoms with Gasteiger partial charge in [-0.15, -0.1) is 11.7 Å². The first-order chi connectivity index (χ1) is 8.56. The van der Waals surface area contributed by atoms with E-state index in [2.05, 4.69) is 23.5 Å². The first-order valence-electron chi connectivity index (χ1n) is 6.87. The summed E-state index contributed by atoms with van der Waals surface area (Å²) in [6.45, 7) is -2.92. The summed E-state index contributed by atoms with van der Waals surface area (Å²) in [5.41, 5.74) is 0. The highest BCUT2D eigenvalue weighted by Crippen LogP contribution is 2.36. The lowest BCUT2D eigenvalue weighted by atomic mass is 10.1. The molecule has 0 aliphatic rings. The third-order valence-electron chi connectivity index (χ3n) is 2.94. The van der Waals surface area contributed by atoms with E-state index in [1.807, 2.05) is 0 Å². The third-order valence-corrected chi connectivity index (χ3v) is 5.40. The molecule has 0 saturated carbocycles. The fourth-order valence-corrected chi connectivity index (χ4v) is 3.64. The Morgan fingerprint density at radius 3 is 1.56 bits per heavy atom. The van der Waals surface area contributed by atoms with Gasteiger partial charge in [0.2, 0.25) is 0 Å². The van der Waals surface area contributed by atoms with Gasteiger partial charge in [-0.2, -0.15) is 0 Å². The molecule has 2 N–H and O–H groups in total. The van der Waals surface area contributed by atoms with E-state index in [0.717, 1.165) is 12.8 Å². The van der Waals surface area contributed by atoms with E-state index in [1.165, 1.54) is 57.1 Å². The van der Waals surface area contributed by atoms with Crippen molar-refractivity contribution >= 4 is 40.8 Å². The van der Waals surface area contributed by atoms with Gasteiger partial charge in [0.15, 0.2) is 6.49 Å². The van der Waals surface area contributed by atoms with Crippen molar-refractivity contribution in [3.8, 4) is 0 Å². The number of rotatable bonds is 13. The second-order valence-corrected chi connectivity index (χ2v) is 9.73. The largest absolute Gasteiger partial charge is 0.345 e. The van der Waals surface area contributed by atoms with E-state index in [4.69, 9.17) is 9.79 Å². The van der Waals surface area contributed by atoms with Crippen LogP contribution in [0.4, 0.5) is 0 Å². The normalized spacial score (nSPS) is 11.9. The van der Waals surface area contributed by atoms with Crippen LogP contribution < -0.4 is 0 Å². The Morgan fingerprint density at radius 2 is 1.17 bits per heavy atom. The Morgan fingerprint density at radius 1 is 0.778 bits per heavy atom. The molecule has 2 nitrogen and oxygen atoms in total. The lowest BCUT2D eigenvalue weighted by Gasteiger charge is -2.06. The van der Waals surface area contributed by atoms with Crippen LogP contribution in [0.15, 0.2) is 0 Å². The molecule has 0 radical (unpaired) electrons. The van der Waals surface area contributed by atoms with Crippen molar-refractivity contribution in [2.24, 2.45) is 0 Å². The van der Waals surface area contributed by atoms with Gasteiger partial charge in [-0.1, -0.05) is 62.2 Å². The van der Waals surface area contributed by atoms with E-state index in [0.29, 0.717) is 6.16 Å². The maximum atomic E-state index is 9.05. The predicted molar refractivity (Wildman–Crippen MR) is 91.2 cm³/mol. The Labute approximate surface area is 126 Å². The van der Waals surface area contributed by atoms with Gasteiger partial charge in [0, 0.05) is 11.9 Å². The smallest absolute Gasteiger partial charge is 0.183 e. The Kier molecular flexibility index (Phi) is 14.2. The molecule has 0 heterocycles. The van der Waals surface area contributed by atoms with E-state index in [9.17, 15) is 0 Å². The SMILES string of the molecule is OP(O)(=S)CCCCCCCCCCCCSS. The minimum absolute atomic E-state index is 0.422. The van der Waals surface area contributed by atoms with Gasteiger partial charge in [0.25, 0.3) is 0 Å². The van der Waals surface area contributed by atoms with Crippen molar-refractivity contribution in [3.63, 3.8) is 0 Å². The van der Waals surface area contributed by atoms with Crippen molar-refractivity contribution in [2.75, 3.05) is 11.9 Å². The third kappa shape index (κ3) is 17.3. The Balaban J connectivity index is 3.01. The average Bonchev–Trinajstić information content (AvgIpc) is 2.29. The Bertz CT molecular complexity index is 221. The van der Waals surface area contributed by atoms with Crippen LogP contribution in [0, 0.1) is 0 Å². The molecule has 0 aromatic heterocycles. The van der Waals surface area contributed by atoms with Crippen molar-refractivity contribution in [1.82, 2.24) is 0 Å². The molecule has 0 fully saturated rings. The minimum atomic E-state index is -2.92. The number of unbranched alkanes of at least 4 members (excludes halogenated alkanes) is 9. The van der Waals surface area contributed by atoms with Gasteiger partial charge in [-0.25, -0.2) is 0 Å². The second-order valence-electron chi connectivity index (χ2n) is 4.76. The highest BCUT2D eigenvalue weighted by molar-refractivity contribution is 8.68. The maximum absolute atomic E-state index is 9.05. The molecule has 0 rings (SSSR count). The van der Waals surface area contributed by atoms with Crippen LogP contribution in [0.3, 0.4) is 0 Å². The van der Waals surface area contributed by atoms with Gasteiger partial charge in [-0.05, 0) is 24.6 Å². The van der Waals surface area contributed by atoms with Crippen molar-refractivity contribution < 1.29 is 9.79 Å². The molecule has 0 aliphatic heterocycles. The molecule has 6 heteroatoms. The molecule has 0 unspecified atom stereocenters. The summed E-state index contributed by atoms with van der Waals surface area (Å²) in [4.78, 5) is 18.1. The number of thiol groups is 1. The monoisotopic (exact) mass is 330 g/mol. The highest BCUT2D eigenvalue weighted by Gasteiger charge is 2.05. The quantitative estimate of drug-likeness (QED) is 0.197. The summed E-state index contributed by atoms with van der Waals surface area (Å²) >= 11 is 8.70. The van der Waals surface area contributed by atoms with Gasteiger partial charge in [0.05, 0.1) is 0 Å². The van der Waals surface area contributed by atoms with E-state index in [1.54, 1.807) is 10.8 Å². The molecule has 110 valence electrons. The molecule has 0 aromatic rings. The van der Waals surface area contributed by atoms with Crippen LogP contribution in [0.5, 0.6) is 0 Å². The zero-order valence-electron chi connectivity index (χ0n) is 11.1. The topological polar surface area (TPSA) is 40.5 Å². The fraction of sp³-hybridized carbons (Fsp3) is 1.00. The molecule has 0 atom stereocenters. The van der Waals surface area contributed by atoms with Crippen LogP contribution in [-0.2, 0) is 11.8 Å². The lowest BCUT2D eigenvalue weighted by Crippen LogP contribution is -1.88. The molecule has 0 aromatic carbocycles. The molecule has 0 saturated heterocycles. The fourth-order valence-electron chi connectivity index (χ4n) is 1.90. The van der Waals surface area contributed by atoms with Crippen LogP contribution in [-0.4, -0.2) is 21.7 Å².